The van der Waals surface area contributed by atoms with Gasteiger partial charge in [-0.1, -0.05) is 42.5 Å². The van der Waals surface area contributed by atoms with Gasteiger partial charge in [-0.25, -0.2) is 4.98 Å². The average molecular weight is 483 g/mol. The monoisotopic (exact) mass is 482 g/mol. The van der Waals surface area contributed by atoms with Crippen LogP contribution in [0.2, 0.25) is 0 Å². The van der Waals surface area contributed by atoms with E-state index in [1.165, 1.54) is 10.9 Å². The van der Waals surface area contributed by atoms with Gasteiger partial charge < -0.3 is 15.5 Å². The summed E-state index contributed by atoms with van der Waals surface area (Å²) in [6.45, 7) is 1.93. The highest BCUT2D eigenvalue weighted by Crippen LogP contribution is 2.33. The molecule has 4 aromatic rings. The molecule has 0 saturated heterocycles. The standard InChI is InChI=1S/C29H30N4OS/c1-33(2)15-4-13-30-28-27-6-3-5-25(26(27)11-14-31-28)22-8-7-21-18-24(10-9-20(21)17-22)32-29(34)23-12-16-35-19-23/h3,5-12,14,16-18,23H,4,13,15,19H2,1-2H3,(H,30,31)(H,32,34). The number of amides is 1. The van der Waals surface area contributed by atoms with Crippen LogP contribution in [0.1, 0.15) is 6.42 Å². The van der Waals surface area contributed by atoms with Gasteiger partial charge in [0.05, 0.1) is 5.92 Å². The summed E-state index contributed by atoms with van der Waals surface area (Å²) in [4.78, 5) is 19.3. The molecule has 6 heteroatoms. The average Bonchev–Trinajstić information content (AvgIpc) is 3.41. The highest BCUT2D eigenvalue weighted by Gasteiger charge is 2.18. The van der Waals surface area contributed by atoms with Gasteiger partial charge in [0.25, 0.3) is 0 Å². The summed E-state index contributed by atoms with van der Waals surface area (Å²) in [6.07, 6.45) is 4.92. The Morgan fingerprint density at radius 1 is 1.06 bits per heavy atom. The molecule has 2 heterocycles. The molecule has 3 aromatic carbocycles. The van der Waals surface area contributed by atoms with E-state index in [0.29, 0.717) is 0 Å². The number of carbonyl (C=O) groups is 1. The van der Waals surface area contributed by atoms with E-state index in [1.54, 1.807) is 11.8 Å². The number of carbonyl (C=O) groups excluding carboxylic acids is 1. The third kappa shape index (κ3) is 5.34. The quantitative estimate of drug-likeness (QED) is 0.291. The van der Waals surface area contributed by atoms with E-state index < -0.39 is 0 Å². The Kier molecular flexibility index (Phi) is 7.02. The zero-order valence-corrected chi connectivity index (χ0v) is 20.9. The van der Waals surface area contributed by atoms with Gasteiger partial charge in [0.15, 0.2) is 0 Å². The van der Waals surface area contributed by atoms with Crippen molar-refractivity contribution in [2.45, 2.75) is 6.42 Å². The van der Waals surface area contributed by atoms with Crippen LogP contribution in [0, 0.1) is 5.92 Å². The number of benzene rings is 3. The van der Waals surface area contributed by atoms with Crippen LogP contribution in [-0.4, -0.2) is 48.7 Å². The van der Waals surface area contributed by atoms with Crippen LogP contribution in [0.15, 0.2) is 78.3 Å². The molecule has 1 aliphatic rings. The van der Waals surface area contributed by atoms with E-state index in [4.69, 9.17) is 0 Å². The predicted molar refractivity (Wildman–Crippen MR) is 150 cm³/mol. The van der Waals surface area contributed by atoms with Crippen molar-refractivity contribution in [2.75, 3.05) is 43.6 Å². The summed E-state index contributed by atoms with van der Waals surface area (Å²) in [5, 5.41) is 13.1. The first-order valence-corrected chi connectivity index (χ1v) is 13.0. The molecule has 0 radical (unpaired) electrons. The van der Waals surface area contributed by atoms with E-state index in [2.05, 4.69) is 83.1 Å². The lowest BCUT2D eigenvalue weighted by Crippen LogP contribution is -2.21. The fourth-order valence-corrected chi connectivity index (χ4v) is 5.34. The van der Waals surface area contributed by atoms with Crippen LogP contribution in [-0.2, 0) is 4.79 Å². The van der Waals surface area contributed by atoms with Crippen molar-refractivity contribution in [3.05, 3.63) is 78.3 Å². The Hall–Kier alpha value is -3.35. The topological polar surface area (TPSA) is 57.3 Å². The molecule has 0 aliphatic carbocycles. The summed E-state index contributed by atoms with van der Waals surface area (Å²) in [5.74, 6) is 1.75. The molecule has 5 nitrogen and oxygen atoms in total. The molecule has 0 fully saturated rings. The first-order valence-electron chi connectivity index (χ1n) is 12.0. The van der Waals surface area contributed by atoms with Crippen LogP contribution in [0.3, 0.4) is 0 Å². The largest absolute Gasteiger partial charge is 0.370 e. The Morgan fingerprint density at radius 2 is 1.91 bits per heavy atom. The summed E-state index contributed by atoms with van der Waals surface area (Å²) in [5.41, 5.74) is 3.19. The fourth-order valence-electron chi connectivity index (χ4n) is 4.46. The number of rotatable bonds is 8. The smallest absolute Gasteiger partial charge is 0.232 e. The number of nitrogens with one attached hydrogen (secondary N) is 2. The summed E-state index contributed by atoms with van der Waals surface area (Å²) in [6, 6.07) is 21.1. The molecule has 178 valence electrons. The number of hydrogen-bond acceptors (Lipinski definition) is 5. The molecular weight excluding hydrogens is 452 g/mol. The fraction of sp³-hybridized carbons (Fsp3) is 0.241. The maximum Gasteiger partial charge on any atom is 0.232 e. The van der Waals surface area contributed by atoms with Crippen LogP contribution >= 0.6 is 11.8 Å². The molecule has 0 bridgehead atoms. The van der Waals surface area contributed by atoms with E-state index in [0.717, 1.165) is 58.5 Å². The zero-order valence-electron chi connectivity index (χ0n) is 20.1. The molecule has 0 spiro atoms. The maximum atomic E-state index is 12.5. The Labute approximate surface area is 210 Å². The summed E-state index contributed by atoms with van der Waals surface area (Å²) >= 11 is 1.68. The van der Waals surface area contributed by atoms with Gasteiger partial charge in [0, 0.05) is 29.6 Å². The lowest BCUT2D eigenvalue weighted by molar-refractivity contribution is -0.117. The number of nitrogens with zero attached hydrogens (tertiary/aromatic N) is 2. The van der Waals surface area contributed by atoms with Crippen molar-refractivity contribution in [2.24, 2.45) is 5.92 Å². The molecule has 35 heavy (non-hydrogen) atoms. The van der Waals surface area contributed by atoms with Gasteiger partial charge in [0.2, 0.25) is 5.91 Å². The number of aromatic nitrogens is 1. The SMILES string of the molecule is CN(C)CCCNc1nccc2c(-c3ccc4cc(NC(=O)C5C=CSC5)ccc4c3)cccc12. The predicted octanol–water partition coefficient (Wildman–Crippen LogP) is 6.23. The van der Waals surface area contributed by atoms with Crippen LogP contribution in [0.5, 0.6) is 0 Å². The number of hydrogen-bond donors (Lipinski definition) is 2. The number of thioether (sulfide) groups is 1. The van der Waals surface area contributed by atoms with Crippen molar-refractivity contribution in [3.8, 4) is 11.1 Å². The Morgan fingerprint density at radius 3 is 2.74 bits per heavy atom. The van der Waals surface area contributed by atoms with Gasteiger partial charge in [-0.05, 0) is 84.0 Å². The minimum Gasteiger partial charge on any atom is -0.370 e. The number of fused-ring (bicyclic) bond motifs is 2. The maximum absolute atomic E-state index is 12.5. The highest BCUT2D eigenvalue weighted by molar-refractivity contribution is 8.02. The highest BCUT2D eigenvalue weighted by atomic mass is 32.2. The Balaban J connectivity index is 1.39. The second kappa shape index (κ2) is 10.5. The molecule has 5 rings (SSSR count). The zero-order chi connectivity index (χ0) is 24.2. The van der Waals surface area contributed by atoms with Crippen molar-refractivity contribution in [1.29, 1.82) is 0 Å². The minimum absolute atomic E-state index is 0.0497. The first kappa shape index (κ1) is 23.4. The molecule has 1 amide bonds. The Bertz CT molecular complexity index is 1400. The molecule has 2 N–H and O–H groups in total. The molecule has 0 saturated carbocycles. The molecular formula is C29H30N4OS. The third-order valence-corrected chi connectivity index (χ3v) is 7.22. The van der Waals surface area contributed by atoms with E-state index >= 15 is 0 Å². The van der Waals surface area contributed by atoms with Crippen LogP contribution < -0.4 is 10.6 Å². The van der Waals surface area contributed by atoms with Crippen molar-refractivity contribution in [1.82, 2.24) is 9.88 Å². The molecule has 1 aromatic heterocycles. The van der Waals surface area contributed by atoms with Crippen molar-refractivity contribution < 1.29 is 4.79 Å². The van der Waals surface area contributed by atoms with Crippen LogP contribution in [0.25, 0.3) is 32.7 Å². The summed E-state index contributed by atoms with van der Waals surface area (Å²) < 4.78 is 0. The third-order valence-electron chi connectivity index (χ3n) is 6.32. The molecule has 1 atom stereocenters. The lowest BCUT2D eigenvalue weighted by atomic mass is 9.96. The van der Waals surface area contributed by atoms with E-state index in [-0.39, 0.29) is 11.8 Å². The minimum atomic E-state index is -0.0497. The van der Waals surface area contributed by atoms with Gasteiger partial charge in [-0.2, -0.15) is 0 Å². The second-order valence-electron chi connectivity index (χ2n) is 9.18. The van der Waals surface area contributed by atoms with Gasteiger partial charge in [0.1, 0.15) is 5.82 Å². The first-order chi connectivity index (χ1) is 17.1. The summed E-state index contributed by atoms with van der Waals surface area (Å²) in [7, 11) is 4.19. The lowest BCUT2D eigenvalue weighted by Gasteiger charge is -2.14. The van der Waals surface area contributed by atoms with Gasteiger partial charge in [-0.3, -0.25) is 4.79 Å². The second-order valence-corrected chi connectivity index (χ2v) is 10.1. The number of anilines is 2. The van der Waals surface area contributed by atoms with E-state index in [9.17, 15) is 4.79 Å². The van der Waals surface area contributed by atoms with Crippen molar-refractivity contribution in [3.63, 3.8) is 0 Å². The number of pyridine rings is 1. The molecule has 1 aliphatic heterocycles. The molecule has 1 unspecified atom stereocenters. The van der Waals surface area contributed by atoms with E-state index in [1.807, 2.05) is 29.8 Å². The van der Waals surface area contributed by atoms with Crippen molar-refractivity contribution >= 4 is 50.7 Å². The normalized spacial score (nSPS) is 15.2. The van der Waals surface area contributed by atoms with Crippen LogP contribution in [0.4, 0.5) is 11.5 Å². The van der Waals surface area contributed by atoms with Gasteiger partial charge >= 0.3 is 0 Å². The van der Waals surface area contributed by atoms with Gasteiger partial charge in [-0.15, -0.1) is 11.8 Å².